The largest absolute Gasteiger partial charge is 0.462 e. The fraction of sp³-hybridized carbons (Fsp3) is 0.812. The van der Waals surface area contributed by atoms with Gasteiger partial charge in [-0.3, -0.25) is 4.74 Å². The molecular weight excluding hydrogens is 336 g/mol. The maximum absolute atomic E-state index is 11.4. The third-order valence-corrected chi connectivity index (χ3v) is 3.91. The van der Waals surface area contributed by atoms with Gasteiger partial charge in [0.25, 0.3) is 0 Å². The van der Waals surface area contributed by atoms with E-state index in [1.807, 2.05) is 0 Å². The molecule has 1 rings (SSSR count). The molecule has 1 aliphatic rings. The Labute approximate surface area is 148 Å². The van der Waals surface area contributed by atoms with Crippen LogP contribution in [0.3, 0.4) is 0 Å². The minimum atomic E-state index is -1.82. The summed E-state index contributed by atoms with van der Waals surface area (Å²) in [5.41, 5.74) is 0.335. The van der Waals surface area contributed by atoms with Crippen molar-refractivity contribution < 1.29 is 42.7 Å². The Kier molecular flexibility index (Phi) is 7.94. The van der Waals surface area contributed by atoms with Crippen molar-refractivity contribution in [3.63, 3.8) is 0 Å². The highest BCUT2D eigenvalue weighted by Crippen LogP contribution is 2.43. The van der Waals surface area contributed by atoms with Crippen molar-refractivity contribution in [3.05, 3.63) is 12.2 Å². The molecule has 1 heterocycles. The van der Waals surface area contributed by atoms with E-state index in [1.54, 1.807) is 6.92 Å². The average Bonchev–Trinajstić information content (AvgIpc) is 2.64. The summed E-state index contributed by atoms with van der Waals surface area (Å²) in [6.45, 7) is 5.26. The molecule has 0 aromatic carbocycles. The molecule has 0 aliphatic carbocycles. The third kappa shape index (κ3) is 4.37. The standard InChI is InChI=1S/C16H28O9/c1-12(2)13(17)23-10-8-9-14(18-3)11-24-15(19-4,20-5)16(21-6,22-7)25-14/h1,8-11H2,2-7H3. The smallest absolute Gasteiger partial charge is 0.372 e. The van der Waals surface area contributed by atoms with Crippen LogP contribution < -0.4 is 0 Å². The zero-order chi connectivity index (χ0) is 19.1. The second kappa shape index (κ2) is 9.04. The maximum Gasteiger partial charge on any atom is 0.372 e. The molecule has 0 aromatic heterocycles. The topological polar surface area (TPSA) is 90.9 Å². The van der Waals surface area contributed by atoms with Crippen LogP contribution in [0.25, 0.3) is 0 Å². The van der Waals surface area contributed by atoms with Crippen LogP contribution in [0.15, 0.2) is 12.2 Å². The molecule has 0 amide bonds. The summed E-state index contributed by atoms with van der Waals surface area (Å²) in [5.74, 6) is -5.21. The van der Waals surface area contributed by atoms with Gasteiger partial charge in [-0.15, -0.1) is 0 Å². The van der Waals surface area contributed by atoms with Crippen molar-refractivity contribution in [3.8, 4) is 0 Å². The highest BCUT2D eigenvalue weighted by atomic mass is 17.0. The molecule has 9 nitrogen and oxygen atoms in total. The second-order valence-electron chi connectivity index (χ2n) is 5.45. The second-order valence-corrected chi connectivity index (χ2v) is 5.45. The van der Waals surface area contributed by atoms with Gasteiger partial charge in [-0.2, -0.15) is 0 Å². The number of carbonyl (C=O) groups is 1. The zero-order valence-corrected chi connectivity index (χ0v) is 15.7. The van der Waals surface area contributed by atoms with E-state index in [9.17, 15) is 4.79 Å². The molecule has 0 spiro atoms. The van der Waals surface area contributed by atoms with Gasteiger partial charge in [0.15, 0.2) is 5.79 Å². The van der Waals surface area contributed by atoms with E-state index in [4.69, 9.17) is 37.9 Å². The van der Waals surface area contributed by atoms with E-state index >= 15 is 0 Å². The first-order valence-electron chi connectivity index (χ1n) is 7.72. The number of methoxy groups -OCH3 is 5. The Balaban J connectivity index is 2.84. The Bertz CT molecular complexity index is 457. The summed E-state index contributed by atoms with van der Waals surface area (Å²) in [6.07, 6.45) is 0.789. The Morgan fingerprint density at radius 3 is 2.00 bits per heavy atom. The SMILES string of the molecule is C=C(C)C(=O)OCCCC1(OC)COC(OC)(OC)C(OC)(OC)O1. The highest BCUT2D eigenvalue weighted by Gasteiger charge is 2.66. The van der Waals surface area contributed by atoms with E-state index in [1.165, 1.54) is 35.5 Å². The molecule has 0 N–H and O–H groups in total. The fourth-order valence-electron chi connectivity index (χ4n) is 2.45. The molecule has 0 radical (unpaired) electrons. The van der Waals surface area contributed by atoms with Crippen molar-refractivity contribution in [2.45, 2.75) is 37.5 Å². The number of rotatable bonds is 10. The molecule has 25 heavy (non-hydrogen) atoms. The summed E-state index contributed by atoms with van der Waals surface area (Å²) < 4.78 is 43.6. The highest BCUT2D eigenvalue weighted by molar-refractivity contribution is 5.86. The fourth-order valence-corrected chi connectivity index (χ4v) is 2.45. The van der Waals surface area contributed by atoms with Gasteiger partial charge in [-0.1, -0.05) is 6.58 Å². The Hall–Kier alpha value is -1.07. The normalized spacial score (nSPS) is 24.7. The first-order valence-corrected chi connectivity index (χ1v) is 7.72. The van der Waals surface area contributed by atoms with Crippen LogP contribution in [0.5, 0.6) is 0 Å². The maximum atomic E-state index is 11.4. The van der Waals surface area contributed by atoms with Gasteiger partial charge in [0.1, 0.15) is 6.61 Å². The summed E-state index contributed by atoms with van der Waals surface area (Å²) >= 11 is 0. The lowest BCUT2D eigenvalue weighted by Crippen LogP contribution is -2.71. The predicted molar refractivity (Wildman–Crippen MR) is 85.3 cm³/mol. The Morgan fingerprint density at radius 1 is 1.00 bits per heavy atom. The van der Waals surface area contributed by atoms with Crippen LogP contribution in [-0.4, -0.2) is 72.5 Å². The average molecular weight is 364 g/mol. The van der Waals surface area contributed by atoms with Gasteiger partial charge in [-0.05, 0) is 13.3 Å². The molecule has 1 atom stereocenters. The first-order chi connectivity index (χ1) is 11.8. The van der Waals surface area contributed by atoms with Crippen LogP contribution in [0.2, 0.25) is 0 Å². The summed E-state index contributed by atoms with van der Waals surface area (Å²) in [7, 11) is 6.93. The number of hydrogen-bond donors (Lipinski definition) is 0. The molecule has 9 heteroatoms. The van der Waals surface area contributed by atoms with Gasteiger partial charge < -0.3 is 33.2 Å². The van der Waals surface area contributed by atoms with Crippen molar-refractivity contribution >= 4 is 5.97 Å². The van der Waals surface area contributed by atoms with Crippen molar-refractivity contribution in [1.29, 1.82) is 0 Å². The van der Waals surface area contributed by atoms with Crippen LogP contribution in [0.4, 0.5) is 0 Å². The van der Waals surface area contributed by atoms with Crippen LogP contribution in [-0.2, 0) is 42.7 Å². The quantitative estimate of drug-likeness (QED) is 0.245. The van der Waals surface area contributed by atoms with Crippen LogP contribution in [0, 0.1) is 0 Å². The van der Waals surface area contributed by atoms with E-state index in [0.29, 0.717) is 18.4 Å². The lowest BCUT2D eigenvalue weighted by Gasteiger charge is -2.52. The van der Waals surface area contributed by atoms with Crippen molar-refractivity contribution in [2.24, 2.45) is 0 Å². The third-order valence-electron chi connectivity index (χ3n) is 3.91. The lowest BCUT2D eigenvalue weighted by atomic mass is 10.1. The van der Waals surface area contributed by atoms with Crippen molar-refractivity contribution in [2.75, 3.05) is 48.8 Å². The van der Waals surface area contributed by atoms with E-state index in [2.05, 4.69) is 6.58 Å². The van der Waals surface area contributed by atoms with Gasteiger partial charge >= 0.3 is 17.9 Å². The van der Waals surface area contributed by atoms with Crippen LogP contribution >= 0.6 is 0 Å². The minimum absolute atomic E-state index is 0.0198. The minimum Gasteiger partial charge on any atom is -0.462 e. The molecule has 0 saturated carbocycles. The van der Waals surface area contributed by atoms with Crippen LogP contribution in [0.1, 0.15) is 19.8 Å². The van der Waals surface area contributed by atoms with Gasteiger partial charge in [0.2, 0.25) is 0 Å². The molecule has 0 bridgehead atoms. The monoisotopic (exact) mass is 364 g/mol. The molecule has 146 valence electrons. The number of hydrogen-bond acceptors (Lipinski definition) is 9. The Morgan fingerprint density at radius 2 is 1.56 bits per heavy atom. The lowest BCUT2D eigenvalue weighted by molar-refractivity contribution is -0.606. The number of carbonyl (C=O) groups excluding carboxylic acids is 1. The summed E-state index contributed by atoms with van der Waals surface area (Å²) in [5, 5.41) is 0. The first kappa shape index (κ1) is 22.0. The molecular formula is C16H28O9. The molecule has 1 fully saturated rings. The van der Waals surface area contributed by atoms with Crippen molar-refractivity contribution in [1.82, 2.24) is 0 Å². The summed E-state index contributed by atoms with van der Waals surface area (Å²) in [6, 6.07) is 0. The van der Waals surface area contributed by atoms with Gasteiger partial charge in [0.05, 0.1) is 6.61 Å². The molecule has 0 aromatic rings. The molecule has 1 saturated heterocycles. The number of esters is 1. The van der Waals surface area contributed by atoms with E-state index in [-0.39, 0.29) is 13.2 Å². The van der Waals surface area contributed by atoms with E-state index < -0.39 is 23.7 Å². The predicted octanol–water partition coefficient (Wildman–Crippen LogP) is 1.17. The molecule has 1 unspecified atom stereocenters. The van der Waals surface area contributed by atoms with Gasteiger partial charge in [-0.25, -0.2) is 4.79 Å². The van der Waals surface area contributed by atoms with E-state index in [0.717, 1.165) is 0 Å². The number of ether oxygens (including phenoxy) is 8. The molecule has 1 aliphatic heterocycles. The summed E-state index contributed by atoms with van der Waals surface area (Å²) in [4.78, 5) is 11.4. The zero-order valence-electron chi connectivity index (χ0n) is 15.7. The van der Waals surface area contributed by atoms with Gasteiger partial charge in [0, 0.05) is 47.5 Å².